The summed E-state index contributed by atoms with van der Waals surface area (Å²) in [5.74, 6) is 1.05. The molecule has 2 rings (SSSR count). The highest BCUT2D eigenvalue weighted by Crippen LogP contribution is 2.26. The van der Waals surface area contributed by atoms with E-state index in [-0.39, 0.29) is 17.0 Å². The molecule has 1 heterocycles. The van der Waals surface area contributed by atoms with E-state index < -0.39 is 0 Å². The zero-order chi connectivity index (χ0) is 14.9. The van der Waals surface area contributed by atoms with Crippen LogP contribution in [0.5, 0.6) is 0 Å². The predicted octanol–water partition coefficient (Wildman–Crippen LogP) is 4.30. The Labute approximate surface area is 124 Å². The molecule has 0 spiro atoms. The molecule has 4 heteroatoms. The Morgan fingerprint density at radius 1 is 1.25 bits per heavy atom. The number of hydrogen-bond acceptors (Lipinski definition) is 2. The highest BCUT2D eigenvalue weighted by molar-refractivity contribution is 6.20. The van der Waals surface area contributed by atoms with Crippen molar-refractivity contribution >= 4 is 22.5 Å². The van der Waals surface area contributed by atoms with E-state index in [0.29, 0.717) is 22.6 Å². The van der Waals surface area contributed by atoms with E-state index in [2.05, 4.69) is 25.8 Å². The van der Waals surface area contributed by atoms with E-state index in [1.165, 1.54) is 0 Å². The maximum Gasteiger partial charge on any atom is 0.261 e. The molecule has 3 nitrogen and oxygen atoms in total. The normalized spacial score (nSPS) is 16.1. The fraction of sp³-hybridized carbons (Fsp3) is 0.500. The van der Waals surface area contributed by atoms with Gasteiger partial charge in [0.15, 0.2) is 0 Å². The average Bonchev–Trinajstić information content (AvgIpc) is 2.45. The zero-order valence-electron chi connectivity index (χ0n) is 12.4. The smallest absolute Gasteiger partial charge is 0.261 e. The topological polar surface area (TPSA) is 34.9 Å². The SMILES string of the molecule is CCC(C)C(C)n1c(C(C)Cl)nc2ccccc2c1=O. The second-order valence-corrected chi connectivity index (χ2v) is 6.06. The number of alkyl halides is 1. The van der Waals surface area contributed by atoms with Crippen LogP contribution >= 0.6 is 11.6 Å². The van der Waals surface area contributed by atoms with Gasteiger partial charge in [0, 0.05) is 6.04 Å². The zero-order valence-corrected chi connectivity index (χ0v) is 13.2. The van der Waals surface area contributed by atoms with Gasteiger partial charge >= 0.3 is 0 Å². The number of nitrogens with zero attached hydrogens (tertiary/aromatic N) is 2. The summed E-state index contributed by atoms with van der Waals surface area (Å²) in [7, 11) is 0. The molecule has 0 aliphatic carbocycles. The van der Waals surface area contributed by atoms with Crippen LogP contribution in [0.1, 0.15) is 51.4 Å². The van der Waals surface area contributed by atoms with Gasteiger partial charge in [-0.2, -0.15) is 0 Å². The van der Waals surface area contributed by atoms with Crippen LogP contribution in [0.3, 0.4) is 0 Å². The standard InChI is InChI=1S/C16H21ClN2O/c1-5-10(2)12(4)19-15(11(3)17)18-14-9-7-6-8-13(14)16(19)20/h6-12H,5H2,1-4H3. The Kier molecular flexibility index (Phi) is 4.48. The quantitative estimate of drug-likeness (QED) is 0.787. The van der Waals surface area contributed by atoms with Gasteiger partial charge in [0.05, 0.1) is 16.3 Å². The van der Waals surface area contributed by atoms with Gasteiger partial charge in [-0.25, -0.2) is 4.98 Å². The fourth-order valence-electron chi connectivity index (χ4n) is 2.43. The number of para-hydroxylation sites is 1. The summed E-state index contributed by atoms with van der Waals surface area (Å²) < 4.78 is 1.77. The van der Waals surface area contributed by atoms with Gasteiger partial charge in [0.1, 0.15) is 5.82 Å². The molecule has 0 aliphatic heterocycles. The van der Waals surface area contributed by atoms with E-state index in [1.807, 2.05) is 31.2 Å². The van der Waals surface area contributed by atoms with Crippen molar-refractivity contribution in [2.24, 2.45) is 5.92 Å². The highest BCUT2D eigenvalue weighted by Gasteiger charge is 2.21. The lowest BCUT2D eigenvalue weighted by Gasteiger charge is -2.25. The lowest BCUT2D eigenvalue weighted by Crippen LogP contribution is -2.31. The Bertz CT molecular complexity index is 663. The molecule has 0 radical (unpaired) electrons. The Morgan fingerprint density at radius 3 is 2.50 bits per heavy atom. The van der Waals surface area contributed by atoms with Crippen LogP contribution in [0.25, 0.3) is 10.9 Å². The molecule has 108 valence electrons. The van der Waals surface area contributed by atoms with Crippen molar-refractivity contribution in [2.45, 2.75) is 45.5 Å². The molecular weight excluding hydrogens is 272 g/mol. The van der Waals surface area contributed by atoms with E-state index >= 15 is 0 Å². The summed E-state index contributed by atoms with van der Waals surface area (Å²) in [4.78, 5) is 17.4. The van der Waals surface area contributed by atoms with Crippen molar-refractivity contribution in [2.75, 3.05) is 0 Å². The van der Waals surface area contributed by atoms with Crippen LogP contribution in [0.15, 0.2) is 29.1 Å². The number of hydrogen-bond donors (Lipinski definition) is 0. The number of aromatic nitrogens is 2. The molecule has 0 fully saturated rings. The molecule has 0 saturated carbocycles. The van der Waals surface area contributed by atoms with Crippen molar-refractivity contribution in [3.63, 3.8) is 0 Å². The van der Waals surface area contributed by atoms with Crippen LogP contribution in [0.4, 0.5) is 0 Å². The largest absolute Gasteiger partial charge is 0.292 e. The number of halogens is 1. The number of benzene rings is 1. The lowest BCUT2D eigenvalue weighted by molar-refractivity contribution is 0.351. The summed E-state index contributed by atoms with van der Waals surface area (Å²) >= 11 is 6.25. The molecule has 1 aromatic carbocycles. The van der Waals surface area contributed by atoms with Gasteiger partial charge in [0.2, 0.25) is 0 Å². The average molecular weight is 293 g/mol. The second kappa shape index (κ2) is 5.96. The van der Waals surface area contributed by atoms with Crippen LogP contribution in [0.2, 0.25) is 0 Å². The molecule has 3 atom stereocenters. The van der Waals surface area contributed by atoms with Gasteiger partial charge in [-0.15, -0.1) is 11.6 Å². The molecule has 3 unspecified atom stereocenters. The summed E-state index contributed by atoms with van der Waals surface area (Å²) in [6.07, 6.45) is 1.01. The molecule has 0 N–H and O–H groups in total. The number of fused-ring (bicyclic) bond motifs is 1. The van der Waals surface area contributed by atoms with Crippen LogP contribution in [-0.2, 0) is 0 Å². The molecule has 2 aromatic rings. The first-order valence-corrected chi connectivity index (χ1v) is 7.56. The van der Waals surface area contributed by atoms with E-state index in [0.717, 1.165) is 6.42 Å². The third-order valence-corrected chi connectivity index (χ3v) is 4.26. The molecular formula is C16H21ClN2O. The third kappa shape index (κ3) is 2.59. The molecule has 0 aliphatic rings. The molecule has 0 bridgehead atoms. The Balaban J connectivity index is 2.76. The van der Waals surface area contributed by atoms with Gasteiger partial charge in [-0.1, -0.05) is 32.4 Å². The van der Waals surface area contributed by atoms with Crippen LogP contribution in [0, 0.1) is 5.92 Å². The fourth-order valence-corrected chi connectivity index (χ4v) is 2.59. The highest BCUT2D eigenvalue weighted by atomic mass is 35.5. The first kappa shape index (κ1) is 15.0. The minimum absolute atomic E-state index is 0.00546. The van der Waals surface area contributed by atoms with Gasteiger partial charge in [0.25, 0.3) is 5.56 Å². The number of rotatable bonds is 4. The van der Waals surface area contributed by atoms with Gasteiger partial charge < -0.3 is 0 Å². The minimum Gasteiger partial charge on any atom is -0.292 e. The van der Waals surface area contributed by atoms with Crippen molar-refractivity contribution in [3.8, 4) is 0 Å². The van der Waals surface area contributed by atoms with E-state index in [1.54, 1.807) is 4.57 Å². The summed E-state index contributed by atoms with van der Waals surface area (Å²) in [5, 5.41) is 0.363. The maximum absolute atomic E-state index is 12.8. The third-order valence-electron chi connectivity index (χ3n) is 4.07. The van der Waals surface area contributed by atoms with Crippen LogP contribution < -0.4 is 5.56 Å². The van der Waals surface area contributed by atoms with Crippen molar-refractivity contribution in [3.05, 3.63) is 40.4 Å². The molecule has 0 saturated heterocycles. The molecule has 0 amide bonds. The van der Waals surface area contributed by atoms with Crippen LogP contribution in [-0.4, -0.2) is 9.55 Å². The maximum atomic E-state index is 12.8. The summed E-state index contributed by atoms with van der Waals surface area (Å²) in [6.45, 7) is 8.20. The van der Waals surface area contributed by atoms with Gasteiger partial charge in [-0.05, 0) is 31.9 Å². The molecule has 20 heavy (non-hydrogen) atoms. The van der Waals surface area contributed by atoms with E-state index in [4.69, 9.17) is 11.6 Å². The monoisotopic (exact) mass is 292 g/mol. The Hall–Kier alpha value is -1.35. The first-order chi connectivity index (χ1) is 9.47. The molecule has 1 aromatic heterocycles. The minimum atomic E-state index is -0.293. The van der Waals surface area contributed by atoms with Crippen molar-refractivity contribution in [1.29, 1.82) is 0 Å². The van der Waals surface area contributed by atoms with Crippen molar-refractivity contribution in [1.82, 2.24) is 9.55 Å². The summed E-state index contributed by atoms with van der Waals surface area (Å²) in [6, 6.07) is 7.53. The van der Waals surface area contributed by atoms with E-state index in [9.17, 15) is 4.79 Å². The van der Waals surface area contributed by atoms with Gasteiger partial charge in [-0.3, -0.25) is 9.36 Å². The van der Waals surface area contributed by atoms with Crippen molar-refractivity contribution < 1.29 is 0 Å². The lowest BCUT2D eigenvalue weighted by atomic mass is 10.00. The first-order valence-electron chi connectivity index (χ1n) is 7.12. The second-order valence-electron chi connectivity index (χ2n) is 5.40. The Morgan fingerprint density at radius 2 is 1.90 bits per heavy atom. The predicted molar refractivity (Wildman–Crippen MR) is 84.4 cm³/mol. The summed E-state index contributed by atoms with van der Waals surface area (Å²) in [5.41, 5.74) is 0.721.